The van der Waals surface area contributed by atoms with Crippen molar-refractivity contribution in [1.29, 1.82) is 0 Å². The van der Waals surface area contributed by atoms with E-state index in [1.165, 1.54) is 36.3 Å². The van der Waals surface area contributed by atoms with E-state index in [1.54, 1.807) is 0 Å². The maximum Gasteiger partial charge on any atom is 0.144 e. The first kappa shape index (κ1) is 12.6. The first-order chi connectivity index (χ1) is 8.88. The Morgan fingerprint density at radius 2 is 2.22 bits per heavy atom. The third-order valence-electron chi connectivity index (χ3n) is 3.41. The third kappa shape index (κ3) is 2.48. The van der Waals surface area contributed by atoms with Crippen molar-refractivity contribution < 1.29 is 0 Å². The molecule has 1 aromatic rings. The van der Waals surface area contributed by atoms with Crippen LogP contribution in [0, 0.1) is 0 Å². The van der Waals surface area contributed by atoms with Crippen molar-refractivity contribution in [2.24, 2.45) is 0 Å². The number of hydrogen-bond donors (Lipinski definition) is 1. The minimum Gasteiger partial charge on any atom is -0.370 e. The second-order valence-electron chi connectivity index (χ2n) is 4.73. The topological polar surface area (TPSA) is 37.8 Å². The third-order valence-corrected chi connectivity index (χ3v) is 5.75. The highest BCUT2D eigenvalue weighted by molar-refractivity contribution is 7.99. The van der Waals surface area contributed by atoms with Crippen LogP contribution in [0.5, 0.6) is 0 Å². The molecule has 2 aliphatic heterocycles. The number of nitrogens with one attached hydrogen (secondary N) is 1. The van der Waals surface area contributed by atoms with Crippen LogP contribution in [0.15, 0.2) is 0 Å². The molecular formula is C13H19N3S2. The van der Waals surface area contributed by atoms with Crippen molar-refractivity contribution in [1.82, 2.24) is 9.97 Å². The second kappa shape index (κ2) is 5.70. The highest BCUT2D eigenvalue weighted by Gasteiger charge is 2.24. The number of hydrogen-bond acceptors (Lipinski definition) is 5. The Hall–Kier alpha value is -0.420. The van der Waals surface area contributed by atoms with Crippen LogP contribution in [-0.4, -0.2) is 22.3 Å². The summed E-state index contributed by atoms with van der Waals surface area (Å²) in [4.78, 5) is 9.63. The van der Waals surface area contributed by atoms with E-state index in [-0.39, 0.29) is 0 Å². The lowest BCUT2D eigenvalue weighted by Crippen LogP contribution is -2.12. The number of aromatic nitrogens is 2. The van der Waals surface area contributed by atoms with Crippen LogP contribution in [0.2, 0.25) is 0 Å². The molecule has 1 aromatic heterocycles. The number of anilines is 1. The van der Waals surface area contributed by atoms with Gasteiger partial charge in [0.1, 0.15) is 11.6 Å². The molecule has 0 amide bonds. The fourth-order valence-corrected chi connectivity index (χ4v) is 4.76. The largest absolute Gasteiger partial charge is 0.370 e. The molecule has 3 rings (SSSR count). The summed E-state index contributed by atoms with van der Waals surface area (Å²) >= 11 is 3.98. The zero-order chi connectivity index (χ0) is 12.4. The molecule has 0 spiro atoms. The van der Waals surface area contributed by atoms with E-state index in [0.29, 0.717) is 5.25 Å². The number of nitrogens with zero attached hydrogens (tertiary/aromatic N) is 2. The summed E-state index contributed by atoms with van der Waals surface area (Å²) in [5, 5.41) is 3.93. The number of fused-ring (bicyclic) bond motifs is 1. The van der Waals surface area contributed by atoms with Crippen LogP contribution >= 0.6 is 23.5 Å². The molecule has 2 aliphatic rings. The molecule has 1 N–H and O–H groups in total. The van der Waals surface area contributed by atoms with Crippen molar-refractivity contribution in [3.8, 4) is 0 Å². The van der Waals surface area contributed by atoms with Crippen molar-refractivity contribution in [3.05, 3.63) is 17.1 Å². The smallest absolute Gasteiger partial charge is 0.144 e. The lowest BCUT2D eigenvalue weighted by Gasteiger charge is -2.21. The van der Waals surface area contributed by atoms with Crippen molar-refractivity contribution >= 4 is 29.3 Å². The summed E-state index contributed by atoms with van der Waals surface area (Å²) in [5.41, 5.74) is 2.61. The number of rotatable bonds is 3. The van der Waals surface area contributed by atoms with Crippen LogP contribution in [0.3, 0.4) is 0 Å². The van der Waals surface area contributed by atoms with E-state index in [0.717, 1.165) is 29.7 Å². The Labute approximate surface area is 117 Å². The minimum absolute atomic E-state index is 0.520. The Balaban J connectivity index is 1.92. The van der Waals surface area contributed by atoms with Gasteiger partial charge in [0, 0.05) is 23.6 Å². The second-order valence-corrected chi connectivity index (χ2v) is 7.03. The van der Waals surface area contributed by atoms with Crippen molar-refractivity contribution in [3.63, 3.8) is 0 Å². The van der Waals surface area contributed by atoms with Crippen LogP contribution in [0.4, 0.5) is 5.82 Å². The van der Waals surface area contributed by atoms with E-state index in [1.807, 2.05) is 23.5 Å². The van der Waals surface area contributed by atoms with Crippen LogP contribution in [-0.2, 0) is 11.5 Å². The van der Waals surface area contributed by atoms with Gasteiger partial charge in [-0.15, -0.1) is 0 Å². The van der Waals surface area contributed by atoms with Gasteiger partial charge in [-0.1, -0.05) is 6.42 Å². The predicted octanol–water partition coefficient (Wildman–Crippen LogP) is 3.61. The van der Waals surface area contributed by atoms with Gasteiger partial charge in [0.25, 0.3) is 0 Å². The van der Waals surface area contributed by atoms with E-state index in [4.69, 9.17) is 9.97 Å². The standard InChI is InChI=1S/C13H19N3S2/c1-2-14-12-9-7-17-8-10(9)15-13(16-12)11-5-3-4-6-18-11/h11H,2-8H2,1H3,(H,14,15,16). The fourth-order valence-electron chi connectivity index (χ4n) is 2.47. The molecule has 0 aromatic carbocycles. The molecule has 98 valence electrons. The Bertz CT molecular complexity index is 430. The molecule has 1 saturated heterocycles. The molecule has 0 bridgehead atoms. The van der Waals surface area contributed by atoms with Gasteiger partial charge < -0.3 is 5.32 Å². The first-order valence-electron chi connectivity index (χ1n) is 6.71. The molecule has 5 heteroatoms. The van der Waals surface area contributed by atoms with Gasteiger partial charge in [-0.2, -0.15) is 23.5 Å². The summed E-state index contributed by atoms with van der Waals surface area (Å²) < 4.78 is 0. The van der Waals surface area contributed by atoms with E-state index < -0.39 is 0 Å². The average Bonchev–Trinajstić information content (AvgIpc) is 2.88. The van der Waals surface area contributed by atoms with Gasteiger partial charge in [0.2, 0.25) is 0 Å². The zero-order valence-corrected chi connectivity index (χ0v) is 12.4. The van der Waals surface area contributed by atoms with Gasteiger partial charge in [-0.05, 0) is 25.5 Å². The van der Waals surface area contributed by atoms with Crippen molar-refractivity contribution in [2.75, 3.05) is 17.6 Å². The lowest BCUT2D eigenvalue weighted by molar-refractivity contribution is 0.660. The highest BCUT2D eigenvalue weighted by Crippen LogP contribution is 2.39. The van der Waals surface area contributed by atoms with E-state index in [9.17, 15) is 0 Å². The maximum absolute atomic E-state index is 4.83. The van der Waals surface area contributed by atoms with Crippen LogP contribution in [0.25, 0.3) is 0 Å². The summed E-state index contributed by atoms with van der Waals surface area (Å²) in [6.07, 6.45) is 3.91. The molecule has 0 aliphatic carbocycles. The highest BCUT2D eigenvalue weighted by atomic mass is 32.2. The molecule has 3 nitrogen and oxygen atoms in total. The van der Waals surface area contributed by atoms with Gasteiger partial charge in [-0.25, -0.2) is 9.97 Å². The first-order valence-corrected chi connectivity index (χ1v) is 8.91. The van der Waals surface area contributed by atoms with E-state index in [2.05, 4.69) is 12.2 Å². The summed E-state index contributed by atoms with van der Waals surface area (Å²) in [7, 11) is 0. The zero-order valence-electron chi connectivity index (χ0n) is 10.7. The summed E-state index contributed by atoms with van der Waals surface area (Å²) in [6.45, 7) is 3.07. The lowest BCUT2D eigenvalue weighted by atomic mass is 10.1. The quantitative estimate of drug-likeness (QED) is 0.916. The van der Waals surface area contributed by atoms with E-state index >= 15 is 0 Å². The fraction of sp³-hybridized carbons (Fsp3) is 0.692. The Kier molecular flexibility index (Phi) is 3.99. The normalized spacial score (nSPS) is 22.8. The van der Waals surface area contributed by atoms with Crippen molar-refractivity contribution in [2.45, 2.75) is 42.9 Å². The molecular weight excluding hydrogens is 262 g/mol. The monoisotopic (exact) mass is 281 g/mol. The predicted molar refractivity (Wildman–Crippen MR) is 80.2 cm³/mol. The molecule has 0 saturated carbocycles. The van der Waals surface area contributed by atoms with Gasteiger partial charge in [0.15, 0.2) is 0 Å². The Morgan fingerprint density at radius 1 is 1.28 bits per heavy atom. The molecule has 0 radical (unpaired) electrons. The Morgan fingerprint density at radius 3 is 3.00 bits per heavy atom. The van der Waals surface area contributed by atoms with Gasteiger partial charge in [-0.3, -0.25) is 0 Å². The SMILES string of the molecule is CCNc1nc(C2CCCCS2)nc2c1CSC2. The molecule has 1 fully saturated rings. The molecule has 1 atom stereocenters. The summed E-state index contributed by atoms with van der Waals surface area (Å²) in [5.74, 6) is 5.54. The molecule has 18 heavy (non-hydrogen) atoms. The van der Waals surface area contributed by atoms with Gasteiger partial charge in [0.05, 0.1) is 10.9 Å². The average molecular weight is 281 g/mol. The maximum atomic E-state index is 4.83. The van der Waals surface area contributed by atoms with Crippen LogP contribution < -0.4 is 5.32 Å². The minimum atomic E-state index is 0.520. The van der Waals surface area contributed by atoms with Crippen LogP contribution in [0.1, 0.15) is 48.5 Å². The summed E-state index contributed by atoms with van der Waals surface area (Å²) in [6, 6.07) is 0. The molecule has 1 unspecified atom stereocenters. The molecule has 3 heterocycles. The van der Waals surface area contributed by atoms with Gasteiger partial charge >= 0.3 is 0 Å². The number of thioether (sulfide) groups is 2.